The van der Waals surface area contributed by atoms with Crippen LogP contribution in [0.2, 0.25) is 0 Å². The third-order valence-corrected chi connectivity index (χ3v) is 2.65. The van der Waals surface area contributed by atoms with Crippen LogP contribution >= 0.6 is 0 Å². The van der Waals surface area contributed by atoms with E-state index in [0.29, 0.717) is 6.07 Å². The lowest BCUT2D eigenvalue weighted by Gasteiger charge is -2.08. The molecule has 4 nitrogen and oxygen atoms in total. The minimum atomic E-state index is -1.29. The summed E-state index contributed by atoms with van der Waals surface area (Å²) in [5.41, 5.74) is -0.0204. The lowest BCUT2D eigenvalue weighted by atomic mass is 9.95. The quantitative estimate of drug-likeness (QED) is 0.796. The summed E-state index contributed by atoms with van der Waals surface area (Å²) in [6, 6.07) is 4.38. The fourth-order valence-corrected chi connectivity index (χ4v) is 1.76. The summed E-state index contributed by atoms with van der Waals surface area (Å²) in [6.45, 7) is 0. The number of benzene rings is 1. The molecular formula is C13H9F2N3O. The molecule has 0 aliphatic rings. The Balaban J connectivity index is 2.43. The van der Waals surface area contributed by atoms with Crippen LogP contribution in [0.1, 0.15) is 22.1 Å². The van der Waals surface area contributed by atoms with E-state index in [4.69, 9.17) is 5.26 Å². The molecule has 0 saturated carbocycles. The molecule has 0 radical (unpaired) electrons. The number of hydrogen-bond donors (Lipinski definition) is 0. The van der Waals surface area contributed by atoms with Gasteiger partial charge >= 0.3 is 0 Å². The van der Waals surface area contributed by atoms with E-state index in [1.54, 1.807) is 19.3 Å². The molecule has 6 heteroatoms. The number of rotatable bonds is 3. The molecule has 0 bridgehead atoms. The molecule has 0 spiro atoms. The van der Waals surface area contributed by atoms with Crippen LogP contribution in [0.15, 0.2) is 30.6 Å². The van der Waals surface area contributed by atoms with Gasteiger partial charge in [-0.3, -0.25) is 4.79 Å². The summed E-state index contributed by atoms with van der Waals surface area (Å²) >= 11 is 0. The van der Waals surface area contributed by atoms with Crippen molar-refractivity contribution in [1.29, 1.82) is 5.26 Å². The van der Waals surface area contributed by atoms with Gasteiger partial charge in [-0.2, -0.15) is 5.26 Å². The Labute approximate surface area is 107 Å². The number of carbonyl (C=O) groups is 1. The van der Waals surface area contributed by atoms with E-state index in [9.17, 15) is 13.6 Å². The predicted molar refractivity (Wildman–Crippen MR) is 62.3 cm³/mol. The molecule has 96 valence electrons. The van der Waals surface area contributed by atoms with E-state index < -0.39 is 23.3 Å². The van der Waals surface area contributed by atoms with Crippen LogP contribution in [-0.4, -0.2) is 15.3 Å². The molecular weight excluding hydrogens is 252 g/mol. The van der Waals surface area contributed by atoms with Crippen LogP contribution in [0.3, 0.4) is 0 Å². The predicted octanol–water partition coefficient (Wildman–Crippen LogP) is 2.19. The van der Waals surface area contributed by atoms with Crippen LogP contribution < -0.4 is 0 Å². The van der Waals surface area contributed by atoms with Crippen LogP contribution in [-0.2, 0) is 7.05 Å². The van der Waals surface area contributed by atoms with Crippen molar-refractivity contribution in [3.8, 4) is 6.07 Å². The first kappa shape index (κ1) is 12.9. The fraction of sp³-hybridized carbons (Fsp3) is 0.154. The van der Waals surface area contributed by atoms with E-state index in [-0.39, 0.29) is 11.4 Å². The molecule has 1 atom stereocenters. The lowest BCUT2D eigenvalue weighted by Crippen LogP contribution is -2.16. The van der Waals surface area contributed by atoms with E-state index in [1.807, 2.05) is 0 Å². The van der Waals surface area contributed by atoms with Gasteiger partial charge in [-0.15, -0.1) is 0 Å². The van der Waals surface area contributed by atoms with Gasteiger partial charge in [0, 0.05) is 25.5 Å². The maximum atomic E-state index is 13.1. The smallest absolute Gasteiger partial charge is 0.219 e. The molecule has 1 aromatic carbocycles. The largest absolute Gasteiger partial charge is 0.332 e. The molecule has 0 fully saturated rings. The van der Waals surface area contributed by atoms with Crippen LogP contribution in [0.25, 0.3) is 0 Å². The van der Waals surface area contributed by atoms with Gasteiger partial charge in [-0.25, -0.2) is 13.8 Å². The first-order valence-electron chi connectivity index (χ1n) is 5.40. The molecule has 1 heterocycles. The normalized spacial score (nSPS) is 11.9. The van der Waals surface area contributed by atoms with E-state index in [0.717, 1.165) is 12.1 Å². The van der Waals surface area contributed by atoms with Gasteiger partial charge in [-0.1, -0.05) is 0 Å². The van der Waals surface area contributed by atoms with Crippen molar-refractivity contribution in [2.75, 3.05) is 0 Å². The van der Waals surface area contributed by atoms with Gasteiger partial charge in [0.1, 0.15) is 17.6 Å². The maximum Gasteiger partial charge on any atom is 0.219 e. The van der Waals surface area contributed by atoms with E-state index in [1.165, 1.54) is 10.8 Å². The molecule has 1 aromatic heterocycles. The minimum absolute atomic E-state index is 0.0204. The van der Waals surface area contributed by atoms with Gasteiger partial charge in [0.05, 0.1) is 6.07 Å². The molecule has 2 rings (SSSR count). The number of aromatic nitrogens is 2. The minimum Gasteiger partial charge on any atom is -0.332 e. The van der Waals surface area contributed by atoms with Crippen molar-refractivity contribution in [2.45, 2.75) is 5.92 Å². The number of ketones is 1. The summed E-state index contributed by atoms with van der Waals surface area (Å²) in [4.78, 5) is 16.0. The van der Waals surface area contributed by atoms with Crippen molar-refractivity contribution in [3.05, 3.63) is 53.6 Å². The van der Waals surface area contributed by atoms with Crippen LogP contribution in [0.5, 0.6) is 0 Å². The number of carbonyl (C=O) groups excluding carboxylic acids is 1. The third kappa shape index (κ3) is 2.50. The van der Waals surface area contributed by atoms with Gasteiger partial charge in [-0.05, 0) is 17.7 Å². The van der Waals surface area contributed by atoms with Gasteiger partial charge in [0.15, 0.2) is 5.82 Å². The molecule has 1 unspecified atom stereocenters. The number of halogens is 2. The van der Waals surface area contributed by atoms with Crippen molar-refractivity contribution in [1.82, 2.24) is 9.55 Å². The fourth-order valence-electron chi connectivity index (χ4n) is 1.76. The summed E-state index contributed by atoms with van der Waals surface area (Å²) in [6.07, 6.45) is 2.96. The Bertz CT molecular complexity index is 653. The van der Waals surface area contributed by atoms with Crippen molar-refractivity contribution < 1.29 is 13.6 Å². The summed E-state index contributed by atoms with van der Waals surface area (Å²) < 4.78 is 27.7. The highest BCUT2D eigenvalue weighted by Gasteiger charge is 2.25. The third-order valence-electron chi connectivity index (χ3n) is 2.65. The average molecular weight is 261 g/mol. The SMILES string of the molecule is Cn1ccnc1C(=O)C(C#N)c1cc(F)cc(F)c1. The molecule has 19 heavy (non-hydrogen) atoms. The van der Waals surface area contributed by atoms with Gasteiger partial charge in [0.2, 0.25) is 5.78 Å². The number of Topliss-reactive ketones (excluding diaryl/α,β-unsaturated/α-hetero) is 1. The average Bonchev–Trinajstić information content (AvgIpc) is 2.75. The summed E-state index contributed by atoms with van der Waals surface area (Å²) in [5, 5.41) is 9.07. The monoisotopic (exact) mass is 261 g/mol. The van der Waals surface area contributed by atoms with E-state index in [2.05, 4.69) is 4.98 Å². The Morgan fingerprint density at radius 2 is 2.00 bits per heavy atom. The first-order valence-corrected chi connectivity index (χ1v) is 5.40. The zero-order valence-corrected chi connectivity index (χ0v) is 9.97. The number of nitriles is 1. The number of hydrogen-bond acceptors (Lipinski definition) is 3. The molecule has 0 saturated heterocycles. The molecule has 0 amide bonds. The van der Waals surface area contributed by atoms with Crippen molar-refractivity contribution >= 4 is 5.78 Å². The highest BCUT2D eigenvalue weighted by Crippen LogP contribution is 2.21. The van der Waals surface area contributed by atoms with Crippen molar-refractivity contribution in [2.24, 2.45) is 7.05 Å². The number of imidazole rings is 1. The first-order chi connectivity index (χ1) is 9.02. The van der Waals surface area contributed by atoms with E-state index >= 15 is 0 Å². The highest BCUT2D eigenvalue weighted by molar-refractivity contribution is 6.00. The Morgan fingerprint density at radius 1 is 1.37 bits per heavy atom. The summed E-state index contributed by atoms with van der Waals surface area (Å²) in [7, 11) is 1.60. The Morgan fingerprint density at radius 3 is 2.47 bits per heavy atom. The summed E-state index contributed by atoms with van der Waals surface area (Å²) in [5.74, 6) is -3.48. The van der Waals surface area contributed by atoms with Gasteiger partial charge in [0.25, 0.3) is 0 Å². The second-order valence-corrected chi connectivity index (χ2v) is 3.99. The molecule has 0 aliphatic heterocycles. The van der Waals surface area contributed by atoms with Crippen LogP contribution in [0, 0.1) is 23.0 Å². The Kier molecular flexibility index (Phi) is 3.38. The lowest BCUT2D eigenvalue weighted by molar-refractivity contribution is 0.0965. The zero-order chi connectivity index (χ0) is 14.0. The number of nitrogens with zero attached hydrogens (tertiary/aromatic N) is 3. The maximum absolute atomic E-state index is 13.1. The van der Waals surface area contributed by atoms with Gasteiger partial charge < -0.3 is 4.57 Å². The van der Waals surface area contributed by atoms with Crippen molar-refractivity contribution in [3.63, 3.8) is 0 Å². The number of aryl methyl sites for hydroxylation is 1. The zero-order valence-electron chi connectivity index (χ0n) is 9.97. The highest BCUT2D eigenvalue weighted by atomic mass is 19.1. The molecule has 0 aliphatic carbocycles. The topological polar surface area (TPSA) is 58.7 Å². The second kappa shape index (κ2) is 4.98. The molecule has 2 aromatic rings. The second-order valence-electron chi connectivity index (χ2n) is 3.99. The standard InChI is InChI=1S/C13H9F2N3O/c1-18-3-2-17-13(18)12(19)11(7-16)8-4-9(14)6-10(15)5-8/h2-6,11H,1H3. The molecule has 0 N–H and O–H groups in total. The Hall–Kier alpha value is -2.55. The van der Waals surface area contributed by atoms with Crippen LogP contribution in [0.4, 0.5) is 8.78 Å².